The summed E-state index contributed by atoms with van der Waals surface area (Å²) in [6, 6.07) is 4.84. The number of ether oxygens (including phenoxy) is 1. The normalized spacial score (nSPS) is 12.2. The van der Waals surface area contributed by atoms with E-state index in [0.717, 1.165) is 0 Å². The fraction of sp³-hybridized carbons (Fsp3) is 0.417. The van der Waals surface area contributed by atoms with Crippen LogP contribution in [0.25, 0.3) is 0 Å². The Bertz CT molecular complexity index is 428. The van der Waals surface area contributed by atoms with Gasteiger partial charge in [-0.15, -0.1) is 11.6 Å². The average molecular weight is 384 g/mol. The molecule has 1 amide bonds. The molecule has 0 fully saturated rings. The minimum atomic E-state index is -0.249. The van der Waals surface area contributed by atoms with Crippen molar-refractivity contribution >= 4 is 40.1 Å². The minimum Gasteiger partial charge on any atom is -0.507 e. The van der Waals surface area contributed by atoms with Gasteiger partial charge < -0.3 is 14.7 Å². The molecular weight excluding hydrogens is 368 g/mol. The van der Waals surface area contributed by atoms with Crippen molar-refractivity contribution in [3.05, 3.63) is 27.3 Å². The van der Waals surface area contributed by atoms with Crippen LogP contribution in [0.1, 0.15) is 10.4 Å². The number of hydrogen-bond acceptors (Lipinski definition) is 3. The maximum absolute atomic E-state index is 12.1. The summed E-state index contributed by atoms with van der Waals surface area (Å²) in [5.41, 5.74) is 0.441. The lowest BCUT2D eigenvalue weighted by Crippen LogP contribution is -2.33. The van der Waals surface area contributed by atoms with Crippen molar-refractivity contribution in [3.8, 4) is 5.75 Å². The van der Waals surface area contributed by atoms with Gasteiger partial charge in [0.25, 0.3) is 5.91 Å². The molecule has 0 radical (unpaired) electrons. The van der Waals surface area contributed by atoms with E-state index in [4.69, 9.17) is 16.3 Å². The van der Waals surface area contributed by atoms with Crippen molar-refractivity contribution in [2.75, 3.05) is 27.3 Å². The van der Waals surface area contributed by atoms with Gasteiger partial charge in [0.1, 0.15) is 5.75 Å². The van der Waals surface area contributed by atoms with E-state index in [0.29, 0.717) is 22.3 Å². The summed E-state index contributed by atoms with van der Waals surface area (Å²) in [6.45, 7) is 0.776. The molecule has 4 nitrogen and oxygen atoms in total. The minimum absolute atomic E-state index is 0.106. The van der Waals surface area contributed by atoms with E-state index in [1.54, 1.807) is 26.3 Å². The number of phenols is 1. The zero-order chi connectivity index (χ0) is 13.7. The summed E-state index contributed by atoms with van der Waals surface area (Å²) in [5.74, 6) is -0.0716. The van der Waals surface area contributed by atoms with Crippen molar-refractivity contribution in [1.82, 2.24) is 4.90 Å². The fourth-order valence-corrected chi connectivity index (χ4v) is 2.15. The Morgan fingerprint density at radius 1 is 1.61 bits per heavy atom. The number of amides is 1. The van der Waals surface area contributed by atoms with Gasteiger partial charge in [0.2, 0.25) is 0 Å². The summed E-state index contributed by atoms with van der Waals surface area (Å²) >= 11 is 7.99. The first-order valence-electron chi connectivity index (χ1n) is 5.32. The molecule has 18 heavy (non-hydrogen) atoms. The summed E-state index contributed by atoms with van der Waals surface area (Å²) in [6.07, 6.45) is 0. The van der Waals surface area contributed by atoms with Gasteiger partial charge in [-0.2, -0.15) is 0 Å². The summed E-state index contributed by atoms with van der Waals surface area (Å²) in [4.78, 5) is 13.6. The van der Waals surface area contributed by atoms with Gasteiger partial charge in [-0.3, -0.25) is 4.79 Å². The number of hydrogen-bond donors (Lipinski definition) is 1. The van der Waals surface area contributed by atoms with Crippen LogP contribution in [0.5, 0.6) is 5.75 Å². The Morgan fingerprint density at radius 2 is 2.28 bits per heavy atom. The molecule has 0 aliphatic carbocycles. The molecule has 1 atom stereocenters. The smallest absolute Gasteiger partial charge is 0.253 e. The van der Waals surface area contributed by atoms with Crippen LogP contribution in [0.3, 0.4) is 0 Å². The maximum Gasteiger partial charge on any atom is 0.253 e. The largest absolute Gasteiger partial charge is 0.507 e. The molecule has 0 saturated heterocycles. The molecule has 0 aliphatic rings. The molecule has 1 unspecified atom stereocenters. The SMILES string of the molecule is COCC(Cl)CN(C)C(=O)c1ccc(I)c(O)c1. The highest BCUT2D eigenvalue weighted by Crippen LogP contribution is 2.21. The second-order valence-electron chi connectivity index (χ2n) is 3.90. The Morgan fingerprint density at radius 3 is 2.83 bits per heavy atom. The van der Waals surface area contributed by atoms with Gasteiger partial charge in [0.15, 0.2) is 0 Å². The first kappa shape index (κ1) is 15.5. The molecule has 0 bridgehead atoms. The van der Waals surface area contributed by atoms with Crippen LogP contribution < -0.4 is 0 Å². The summed E-state index contributed by atoms with van der Waals surface area (Å²) < 4.78 is 5.62. The van der Waals surface area contributed by atoms with Crippen LogP contribution in [0.4, 0.5) is 0 Å². The van der Waals surface area contributed by atoms with Crippen LogP contribution in [0.2, 0.25) is 0 Å². The lowest BCUT2D eigenvalue weighted by Gasteiger charge is -2.20. The molecular formula is C12H15ClINO3. The molecule has 1 N–H and O–H groups in total. The van der Waals surface area contributed by atoms with E-state index >= 15 is 0 Å². The number of carbonyl (C=O) groups excluding carboxylic acids is 1. The number of rotatable bonds is 5. The fourth-order valence-electron chi connectivity index (χ4n) is 1.48. The third-order valence-corrected chi connectivity index (χ3v) is 3.54. The molecule has 0 heterocycles. The van der Waals surface area contributed by atoms with Gasteiger partial charge in [-0.1, -0.05) is 0 Å². The van der Waals surface area contributed by atoms with Crippen LogP contribution >= 0.6 is 34.2 Å². The van der Waals surface area contributed by atoms with Crippen LogP contribution in [-0.4, -0.2) is 48.6 Å². The van der Waals surface area contributed by atoms with E-state index in [-0.39, 0.29) is 17.0 Å². The molecule has 0 spiro atoms. The molecule has 100 valence electrons. The van der Waals surface area contributed by atoms with Crippen LogP contribution in [-0.2, 0) is 4.74 Å². The van der Waals surface area contributed by atoms with Crippen LogP contribution in [0.15, 0.2) is 18.2 Å². The topological polar surface area (TPSA) is 49.8 Å². The van der Waals surface area contributed by atoms with E-state index in [2.05, 4.69) is 0 Å². The highest BCUT2D eigenvalue weighted by Gasteiger charge is 2.16. The number of halogens is 2. The highest BCUT2D eigenvalue weighted by atomic mass is 127. The van der Waals surface area contributed by atoms with Gasteiger partial charge in [0, 0.05) is 26.3 Å². The Kier molecular flexibility index (Phi) is 6.17. The molecule has 1 aromatic carbocycles. The molecule has 1 rings (SSSR count). The first-order valence-corrected chi connectivity index (χ1v) is 6.84. The van der Waals surface area contributed by atoms with Crippen molar-refractivity contribution in [2.45, 2.75) is 5.38 Å². The van der Waals surface area contributed by atoms with Gasteiger partial charge in [0.05, 0.1) is 15.6 Å². The van der Waals surface area contributed by atoms with Gasteiger partial charge >= 0.3 is 0 Å². The van der Waals surface area contributed by atoms with Crippen molar-refractivity contribution < 1.29 is 14.6 Å². The number of phenolic OH excluding ortho intramolecular Hbond substituents is 1. The van der Waals surface area contributed by atoms with Crippen molar-refractivity contribution in [3.63, 3.8) is 0 Å². The number of methoxy groups -OCH3 is 1. The third kappa shape index (κ3) is 4.29. The first-order chi connectivity index (χ1) is 8.45. The summed E-state index contributed by atoms with van der Waals surface area (Å²) in [7, 11) is 3.23. The average Bonchev–Trinajstić information content (AvgIpc) is 2.32. The van der Waals surface area contributed by atoms with Crippen molar-refractivity contribution in [1.29, 1.82) is 0 Å². The second kappa shape index (κ2) is 7.16. The molecule has 6 heteroatoms. The number of carbonyl (C=O) groups is 1. The number of nitrogens with zero attached hydrogens (tertiary/aromatic N) is 1. The van der Waals surface area contributed by atoms with Gasteiger partial charge in [-0.25, -0.2) is 0 Å². The van der Waals surface area contributed by atoms with Crippen molar-refractivity contribution in [2.24, 2.45) is 0 Å². The predicted molar refractivity (Wildman–Crippen MR) is 79.3 cm³/mol. The second-order valence-corrected chi connectivity index (χ2v) is 5.68. The van der Waals surface area contributed by atoms with E-state index < -0.39 is 0 Å². The Labute approximate surface area is 125 Å². The molecule has 0 aliphatic heterocycles. The molecule has 0 aromatic heterocycles. The standard InChI is InChI=1S/C12H15ClINO3/c1-15(6-9(13)7-18-2)12(17)8-3-4-10(14)11(16)5-8/h3-5,9,16H,6-7H2,1-2H3. The summed E-state index contributed by atoms with van der Waals surface area (Å²) in [5, 5.41) is 9.32. The number of aromatic hydroxyl groups is 1. The van der Waals surface area contributed by atoms with E-state index in [9.17, 15) is 9.90 Å². The van der Waals surface area contributed by atoms with E-state index in [1.807, 2.05) is 22.6 Å². The highest BCUT2D eigenvalue weighted by molar-refractivity contribution is 14.1. The van der Waals surface area contributed by atoms with Crippen LogP contribution in [0, 0.1) is 3.57 Å². The monoisotopic (exact) mass is 383 g/mol. The zero-order valence-electron chi connectivity index (χ0n) is 10.2. The quantitative estimate of drug-likeness (QED) is 0.627. The Hall–Kier alpha value is -0.530. The molecule has 1 aromatic rings. The predicted octanol–water partition coefficient (Wildman–Crippen LogP) is 2.32. The third-order valence-electron chi connectivity index (χ3n) is 2.36. The zero-order valence-corrected chi connectivity index (χ0v) is 13.1. The molecule has 0 saturated carbocycles. The number of alkyl halides is 1. The lowest BCUT2D eigenvalue weighted by atomic mass is 10.2. The maximum atomic E-state index is 12.1. The number of benzene rings is 1. The Balaban J connectivity index is 2.71. The van der Waals surface area contributed by atoms with Gasteiger partial charge in [-0.05, 0) is 40.8 Å². The van der Waals surface area contributed by atoms with E-state index in [1.165, 1.54) is 11.0 Å². The lowest BCUT2D eigenvalue weighted by molar-refractivity contribution is 0.0781.